The molecule has 0 radical (unpaired) electrons. The van der Waals surface area contributed by atoms with Gasteiger partial charge in [0.25, 0.3) is 0 Å². The van der Waals surface area contributed by atoms with Gasteiger partial charge >= 0.3 is 0 Å². The fourth-order valence-corrected chi connectivity index (χ4v) is 2.83. The highest BCUT2D eigenvalue weighted by Crippen LogP contribution is 2.20. The molecule has 19 heavy (non-hydrogen) atoms. The maximum absolute atomic E-state index is 9.41. The number of hydrogen-bond donors (Lipinski definition) is 0. The van der Waals surface area contributed by atoms with Crippen LogP contribution in [0.1, 0.15) is 49.7 Å². The maximum atomic E-state index is 9.41. The Morgan fingerprint density at radius 1 is 1.16 bits per heavy atom. The number of nitriles is 1. The number of rotatable bonds is 5. The van der Waals surface area contributed by atoms with Crippen molar-refractivity contribution in [3.05, 3.63) is 35.4 Å². The highest BCUT2D eigenvalue weighted by molar-refractivity contribution is 5.29. The molecule has 1 unspecified atom stereocenters. The van der Waals surface area contributed by atoms with Crippen LogP contribution in [0.2, 0.25) is 0 Å². The minimum Gasteiger partial charge on any atom is -0.302 e. The van der Waals surface area contributed by atoms with Crippen LogP contribution in [0.3, 0.4) is 0 Å². The van der Waals surface area contributed by atoms with Crippen LogP contribution in [0.5, 0.6) is 0 Å². The summed E-state index contributed by atoms with van der Waals surface area (Å²) in [5.74, 6) is 0.0220. The van der Waals surface area contributed by atoms with Gasteiger partial charge in [0.05, 0.1) is 12.0 Å². The van der Waals surface area contributed by atoms with E-state index >= 15 is 0 Å². The largest absolute Gasteiger partial charge is 0.302 e. The van der Waals surface area contributed by atoms with E-state index in [2.05, 4.69) is 42.2 Å². The molecule has 1 heterocycles. The predicted octanol–water partition coefficient (Wildman–Crippen LogP) is 3.73. The van der Waals surface area contributed by atoms with Crippen LogP contribution in [0.25, 0.3) is 0 Å². The van der Waals surface area contributed by atoms with E-state index < -0.39 is 0 Å². The Labute approximate surface area is 117 Å². The molecule has 2 nitrogen and oxygen atoms in total. The molecule has 1 atom stereocenters. The molecule has 1 aliphatic heterocycles. The third-order valence-corrected chi connectivity index (χ3v) is 3.97. The first-order valence-electron chi connectivity index (χ1n) is 7.54. The Morgan fingerprint density at radius 2 is 1.84 bits per heavy atom. The molecule has 0 saturated carbocycles. The topological polar surface area (TPSA) is 27.0 Å². The zero-order valence-corrected chi connectivity index (χ0v) is 11.9. The molecule has 0 aliphatic carbocycles. The number of piperidine rings is 1. The van der Waals surface area contributed by atoms with Crippen molar-refractivity contribution >= 4 is 0 Å². The van der Waals surface area contributed by atoms with E-state index in [1.54, 1.807) is 0 Å². The fraction of sp³-hybridized carbons (Fsp3) is 0.588. The molecule has 1 aromatic carbocycles. The van der Waals surface area contributed by atoms with Gasteiger partial charge in [0.15, 0.2) is 0 Å². The van der Waals surface area contributed by atoms with Gasteiger partial charge in [-0.3, -0.25) is 0 Å². The van der Waals surface area contributed by atoms with Gasteiger partial charge in [-0.25, -0.2) is 0 Å². The Morgan fingerprint density at radius 3 is 2.42 bits per heavy atom. The second-order valence-electron chi connectivity index (χ2n) is 5.53. The molecular weight excluding hydrogens is 232 g/mol. The minimum absolute atomic E-state index is 0.0220. The van der Waals surface area contributed by atoms with Gasteiger partial charge in [0, 0.05) is 6.54 Å². The molecule has 0 bridgehead atoms. The quantitative estimate of drug-likeness (QED) is 0.802. The van der Waals surface area contributed by atoms with E-state index in [1.807, 2.05) is 0 Å². The molecule has 2 heteroatoms. The highest BCUT2D eigenvalue weighted by atomic mass is 15.1. The first-order valence-corrected chi connectivity index (χ1v) is 7.54. The zero-order valence-electron chi connectivity index (χ0n) is 11.9. The second-order valence-corrected chi connectivity index (χ2v) is 5.53. The number of hydrogen-bond acceptors (Lipinski definition) is 2. The summed E-state index contributed by atoms with van der Waals surface area (Å²) in [5.41, 5.74) is 2.55. The normalized spacial score (nSPS) is 17.9. The van der Waals surface area contributed by atoms with Crippen molar-refractivity contribution in [3.63, 3.8) is 0 Å². The Kier molecular flexibility index (Phi) is 5.42. The first kappa shape index (κ1) is 14.1. The Balaban J connectivity index is 1.98. The lowest BCUT2D eigenvalue weighted by atomic mass is 9.97. The van der Waals surface area contributed by atoms with Crippen LogP contribution >= 0.6 is 0 Å². The number of aryl methyl sites for hydroxylation is 1. The van der Waals surface area contributed by atoms with E-state index in [0.29, 0.717) is 0 Å². The average molecular weight is 256 g/mol. The van der Waals surface area contributed by atoms with Crippen molar-refractivity contribution in [1.82, 2.24) is 4.90 Å². The van der Waals surface area contributed by atoms with Gasteiger partial charge in [-0.2, -0.15) is 5.26 Å². The lowest BCUT2D eigenvalue weighted by Gasteiger charge is -2.28. The first-order chi connectivity index (χ1) is 9.33. The lowest BCUT2D eigenvalue weighted by Crippen LogP contribution is -2.33. The minimum atomic E-state index is 0.0220. The SMILES string of the molecule is CCCc1ccc(C(C#N)CN2CCCCC2)cc1. The third kappa shape index (κ3) is 4.08. The van der Waals surface area contributed by atoms with Gasteiger partial charge in [0.1, 0.15) is 0 Å². The summed E-state index contributed by atoms with van der Waals surface area (Å²) in [4.78, 5) is 2.44. The van der Waals surface area contributed by atoms with Crippen LogP contribution in [-0.4, -0.2) is 24.5 Å². The van der Waals surface area contributed by atoms with Gasteiger partial charge in [-0.05, 0) is 43.5 Å². The summed E-state index contributed by atoms with van der Waals surface area (Å²) in [6.07, 6.45) is 6.22. The van der Waals surface area contributed by atoms with E-state index in [4.69, 9.17) is 0 Å². The molecule has 0 N–H and O–H groups in total. The standard InChI is InChI=1S/C17H24N2/c1-2-6-15-7-9-16(10-8-15)17(13-18)14-19-11-4-3-5-12-19/h7-10,17H,2-6,11-12,14H2,1H3. The molecule has 102 valence electrons. The van der Waals surface area contributed by atoms with E-state index in [1.165, 1.54) is 36.8 Å². The highest BCUT2D eigenvalue weighted by Gasteiger charge is 2.17. The van der Waals surface area contributed by atoms with E-state index in [-0.39, 0.29) is 5.92 Å². The lowest BCUT2D eigenvalue weighted by molar-refractivity contribution is 0.225. The summed E-state index contributed by atoms with van der Waals surface area (Å²) in [6, 6.07) is 11.1. The second kappa shape index (κ2) is 7.31. The Hall–Kier alpha value is -1.33. The molecule has 1 fully saturated rings. The summed E-state index contributed by atoms with van der Waals surface area (Å²) in [5, 5.41) is 9.41. The van der Waals surface area contributed by atoms with Crippen LogP contribution in [-0.2, 0) is 6.42 Å². The number of likely N-dealkylation sites (tertiary alicyclic amines) is 1. The maximum Gasteiger partial charge on any atom is 0.0839 e. The summed E-state index contributed by atoms with van der Waals surface area (Å²) in [7, 11) is 0. The Bertz CT molecular complexity index is 410. The summed E-state index contributed by atoms with van der Waals surface area (Å²) in [6.45, 7) is 5.41. The zero-order chi connectivity index (χ0) is 13.5. The smallest absolute Gasteiger partial charge is 0.0839 e. The number of nitrogens with zero attached hydrogens (tertiary/aromatic N) is 2. The van der Waals surface area contributed by atoms with Crippen molar-refractivity contribution in [1.29, 1.82) is 5.26 Å². The summed E-state index contributed by atoms with van der Waals surface area (Å²) < 4.78 is 0. The van der Waals surface area contributed by atoms with Crippen molar-refractivity contribution in [2.75, 3.05) is 19.6 Å². The van der Waals surface area contributed by atoms with Crippen molar-refractivity contribution in [2.45, 2.75) is 44.9 Å². The van der Waals surface area contributed by atoms with Gasteiger partial charge in [-0.15, -0.1) is 0 Å². The monoisotopic (exact) mass is 256 g/mol. The molecule has 0 spiro atoms. The van der Waals surface area contributed by atoms with Gasteiger partial charge in [-0.1, -0.05) is 44.0 Å². The molecular formula is C17H24N2. The molecule has 1 saturated heterocycles. The van der Waals surface area contributed by atoms with Crippen molar-refractivity contribution in [2.24, 2.45) is 0 Å². The average Bonchev–Trinajstić information content (AvgIpc) is 2.47. The molecule has 0 aromatic heterocycles. The molecule has 1 aliphatic rings. The fourth-order valence-electron chi connectivity index (χ4n) is 2.83. The third-order valence-electron chi connectivity index (χ3n) is 3.97. The van der Waals surface area contributed by atoms with Crippen LogP contribution < -0.4 is 0 Å². The van der Waals surface area contributed by atoms with Crippen LogP contribution in [0.4, 0.5) is 0 Å². The summed E-state index contributed by atoms with van der Waals surface area (Å²) >= 11 is 0. The number of benzene rings is 1. The molecule has 1 aromatic rings. The van der Waals surface area contributed by atoms with E-state index in [9.17, 15) is 5.26 Å². The molecule has 2 rings (SSSR count). The van der Waals surface area contributed by atoms with Gasteiger partial charge in [0.2, 0.25) is 0 Å². The van der Waals surface area contributed by atoms with E-state index in [0.717, 1.165) is 26.1 Å². The van der Waals surface area contributed by atoms with Crippen LogP contribution in [0, 0.1) is 11.3 Å². The van der Waals surface area contributed by atoms with Gasteiger partial charge < -0.3 is 4.90 Å². The molecule has 0 amide bonds. The van der Waals surface area contributed by atoms with Crippen molar-refractivity contribution < 1.29 is 0 Å². The predicted molar refractivity (Wildman–Crippen MR) is 79.1 cm³/mol. The van der Waals surface area contributed by atoms with Crippen LogP contribution in [0.15, 0.2) is 24.3 Å². The van der Waals surface area contributed by atoms with Crippen molar-refractivity contribution in [3.8, 4) is 6.07 Å².